The van der Waals surface area contributed by atoms with Crippen LogP contribution in [-0.2, 0) is 24.2 Å². The number of carbonyl (C=O) groups is 2. The van der Waals surface area contributed by atoms with Crippen molar-refractivity contribution in [1.29, 1.82) is 0 Å². The van der Waals surface area contributed by atoms with Crippen LogP contribution in [0.4, 0.5) is 0 Å². The molecule has 6 heteroatoms. The minimum Gasteiger partial charge on any atom is -0.454 e. The van der Waals surface area contributed by atoms with Crippen LogP contribution in [0.25, 0.3) is 0 Å². The Balaban J connectivity index is 1.68. The second-order valence-corrected chi connectivity index (χ2v) is 11.7. The quantitative estimate of drug-likeness (QED) is 0.672. The molecule has 0 radical (unpaired) electrons. The standard InChI is InChI=1S/C19H30O5S/c1-11(2)25(22,23)13(4)18(21)24-12(3)17(20)19-8-14-5-15(9-19)7-16(6-14)10-19/h11-16H,5-10H2,1-4H3/t12-,13-,14?,15?,16?,19?/m0/s1. The second kappa shape index (κ2) is 6.36. The summed E-state index contributed by atoms with van der Waals surface area (Å²) in [6.07, 6.45) is 5.60. The fraction of sp³-hybridized carbons (Fsp3) is 0.895. The van der Waals surface area contributed by atoms with Gasteiger partial charge in [-0.1, -0.05) is 0 Å². The molecule has 0 aromatic carbocycles. The van der Waals surface area contributed by atoms with Gasteiger partial charge in [-0.05, 0) is 84.0 Å². The molecule has 0 aromatic rings. The molecule has 4 rings (SSSR count). The maximum absolute atomic E-state index is 13.1. The van der Waals surface area contributed by atoms with E-state index in [2.05, 4.69) is 0 Å². The summed E-state index contributed by atoms with van der Waals surface area (Å²) in [6, 6.07) is 0. The lowest BCUT2D eigenvalue weighted by Crippen LogP contribution is -2.53. The van der Waals surface area contributed by atoms with Crippen molar-refractivity contribution in [2.24, 2.45) is 23.2 Å². The molecule has 4 aliphatic rings. The molecular formula is C19H30O5S. The van der Waals surface area contributed by atoms with Crippen molar-refractivity contribution < 1.29 is 22.7 Å². The molecule has 142 valence electrons. The van der Waals surface area contributed by atoms with E-state index in [-0.39, 0.29) is 11.2 Å². The fourth-order valence-corrected chi connectivity index (χ4v) is 6.85. The van der Waals surface area contributed by atoms with Crippen LogP contribution < -0.4 is 0 Å². The summed E-state index contributed by atoms with van der Waals surface area (Å²) in [5, 5.41) is -1.89. The first-order valence-corrected chi connectivity index (χ1v) is 11.1. The lowest BCUT2D eigenvalue weighted by Gasteiger charge is -2.56. The van der Waals surface area contributed by atoms with Crippen LogP contribution in [0, 0.1) is 23.2 Å². The number of hydrogen-bond donors (Lipinski definition) is 0. The molecule has 0 spiro atoms. The highest BCUT2D eigenvalue weighted by Gasteiger charge is 2.55. The molecule has 0 unspecified atom stereocenters. The number of ketones is 1. The van der Waals surface area contributed by atoms with Gasteiger partial charge in [-0.3, -0.25) is 9.59 Å². The van der Waals surface area contributed by atoms with Crippen LogP contribution in [0.1, 0.15) is 66.2 Å². The van der Waals surface area contributed by atoms with E-state index >= 15 is 0 Å². The zero-order chi connectivity index (χ0) is 18.6. The van der Waals surface area contributed by atoms with Crippen molar-refractivity contribution in [2.75, 3.05) is 0 Å². The summed E-state index contributed by atoms with van der Waals surface area (Å²) >= 11 is 0. The predicted molar refractivity (Wildman–Crippen MR) is 94.7 cm³/mol. The van der Waals surface area contributed by atoms with Crippen LogP contribution in [-0.4, -0.2) is 36.8 Å². The van der Waals surface area contributed by atoms with E-state index in [1.165, 1.54) is 26.2 Å². The molecule has 0 saturated heterocycles. The van der Waals surface area contributed by atoms with Crippen LogP contribution in [0.5, 0.6) is 0 Å². The summed E-state index contributed by atoms with van der Waals surface area (Å²) < 4.78 is 29.7. The third-order valence-corrected chi connectivity index (χ3v) is 9.20. The molecule has 0 aliphatic heterocycles. The van der Waals surface area contributed by atoms with Gasteiger partial charge in [-0.15, -0.1) is 0 Å². The Morgan fingerprint density at radius 2 is 1.36 bits per heavy atom. The summed E-state index contributed by atoms with van der Waals surface area (Å²) in [5.74, 6) is 1.11. The molecule has 2 atom stereocenters. The molecule has 5 nitrogen and oxygen atoms in total. The van der Waals surface area contributed by atoms with Gasteiger partial charge < -0.3 is 4.74 Å². The Labute approximate surface area is 150 Å². The zero-order valence-electron chi connectivity index (χ0n) is 15.7. The highest BCUT2D eigenvalue weighted by Crippen LogP contribution is 2.60. The van der Waals surface area contributed by atoms with Gasteiger partial charge in [0.2, 0.25) is 0 Å². The maximum Gasteiger partial charge on any atom is 0.324 e. The minimum atomic E-state index is -3.58. The van der Waals surface area contributed by atoms with Gasteiger partial charge in [-0.2, -0.15) is 0 Å². The number of sulfone groups is 1. The number of esters is 1. The van der Waals surface area contributed by atoms with Crippen molar-refractivity contribution in [3.63, 3.8) is 0 Å². The van der Waals surface area contributed by atoms with Crippen molar-refractivity contribution in [3.05, 3.63) is 0 Å². The van der Waals surface area contributed by atoms with Gasteiger partial charge in [0, 0.05) is 5.41 Å². The summed E-state index contributed by atoms with van der Waals surface area (Å²) in [5.41, 5.74) is -0.339. The normalized spacial score (nSPS) is 36.3. The molecule has 0 aromatic heterocycles. The Hall–Kier alpha value is -0.910. The third kappa shape index (κ3) is 3.26. The van der Waals surface area contributed by atoms with E-state index in [9.17, 15) is 18.0 Å². The van der Waals surface area contributed by atoms with E-state index in [0.29, 0.717) is 17.8 Å². The smallest absolute Gasteiger partial charge is 0.324 e. The van der Waals surface area contributed by atoms with Gasteiger partial charge in [0.15, 0.2) is 27.0 Å². The first kappa shape index (κ1) is 18.9. The molecule has 4 bridgehead atoms. The number of Topliss-reactive ketones (excluding diaryl/α,β-unsaturated/α-hetero) is 1. The molecule has 0 amide bonds. The Kier molecular flexibility index (Phi) is 4.80. The van der Waals surface area contributed by atoms with Gasteiger partial charge in [0.25, 0.3) is 0 Å². The van der Waals surface area contributed by atoms with Crippen molar-refractivity contribution in [3.8, 4) is 0 Å². The van der Waals surface area contributed by atoms with Crippen LogP contribution >= 0.6 is 0 Å². The Morgan fingerprint density at radius 3 is 1.76 bits per heavy atom. The average Bonchev–Trinajstić information content (AvgIpc) is 2.51. The number of hydrogen-bond acceptors (Lipinski definition) is 5. The lowest BCUT2D eigenvalue weighted by atomic mass is 9.48. The Bertz CT molecular complexity index is 628. The van der Waals surface area contributed by atoms with Crippen molar-refractivity contribution in [2.45, 2.75) is 82.8 Å². The van der Waals surface area contributed by atoms with E-state index in [1.54, 1.807) is 20.8 Å². The first-order valence-electron chi connectivity index (χ1n) is 9.52. The van der Waals surface area contributed by atoms with Crippen LogP contribution in [0.3, 0.4) is 0 Å². The largest absolute Gasteiger partial charge is 0.454 e. The molecule has 4 fully saturated rings. The monoisotopic (exact) mass is 370 g/mol. The highest BCUT2D eigenvalue weighted by atomic mass is 32.2. The van der Waals surface area contributed by atoms with E-state index in [4.69, 9.17) is 4.74 Å². The third-order valence-electron chi connectivity index (χ3n) is 6.70. The van der Waals surface area contributed by atoms with Crippen LogP contribution in [0.2, 0.25) is 0 Å². The second-order valence-electron chi connectivity index (χ2n) is 8.92. The van der Waals surface area contributed by atoms with Gasteiger partial charge in [-0.25, -0.2) is 8.42 Å². The SMILES string of the molecule is CC(C)S(=O)(=O)[C@@H](C)C(=O)O[C@@H](C)C(=O)C12CC3CC(CC(C3)C1)C2. The average molecular weight is 371 g/mol. The Morgan fingerprint density at radius 1 is 0.920 bits per heavy atom. The lowest BCUT2D eigenvalue weighted by molar-refractivity contribution is -0.164. The fourth-order valence-electron chi connectivity index (χ4n) is 5.71. The number of carbonyl (C=O) groups excluding carboxylic acids is 2. The zero-order valence-corrected chi connectivity index (χ0v) is 16.5. The van der Waals surface area contributed by atoms with Gasteiger partial charge >= 0.3 is 5.97 Å². The summed E-state index contributed by atoms with van der Waals surface area (Å²) in [4.78, 5) is 25.4. The molecular weight excluding hydrogens is 340 g/mol. The highest BCUT2D eigenvalue weighted by molar-refractivity contribution is 7.93. The first-order chi connectivity index (χ1) is 11.5. The topological polar surface area (TPSA) is 77.5 Å². The molecule has 4 aliphatic carbocycles. The number of rotatable bonds is 6. The van der Waals surface area contributed by atoms with Gasteiger partial charge in [0.1, 0.15) is 0 Å². The van der Waals surface area contributed by atoms with E-state index in [0.717, 1.165) is 19.3 Å². The minimum absolute atomic E-state index is 0.00842. The molecule has 25 heavy (non-hydrogen) atoms. The molecule has 0 heterocycles. The maximum atomic E-state index is 13.1. The molecule has 4 saturated carbocycles. The van der Waals surface area contributed by atoms with Crippen molar-refractivity contribution >= 4 is 21.6 Å². The molecule has 0 N–H and O–H groups in total. The van der Waals surface area contributed by atoms with E-state index < -0.39 is 32.4 Å². The number of ether oxygens (including phenoxy) is 1. The van der Waals surface area contributed by atoms with Gasteiger partial charge in [0.05, 0.1) is 5.25 Å². The van der Waals surface area contributed by atoms with Crippen molar-refractivity contribution in [1.82, 2.24) is 0 Å². The van der Waals surface area contributed by atoms with Crippen LogP contribution in [0.15, 0.2) is 0 Å². The predicted octanol–water partition coefficient (Wildman–Crippen LogP) is 2.92. The van der Waals surface area contributed by atoms with E-state index in [1.807, 2.05) is 0 Å². The summed E-state index contributed by atoms with van der Waals surface area (Å²) in [6.45, 7) is 6.04. The summed E-state index contributed by atoms with van der Waals surface area (Å²) in [7, 11) is -3.58.